The normalized spacial score (nSPS) is 12.5. The molecule has 0 saturated heterocycles. The summed E-state index contributed by atoms with van der Waals surface area (Å²) in [4.78, 5) is 28.0. The first-order valence-corrected chi connectivity index (χ1v) is 14.7. The fourth-order valence-electron chi connectivity index (χ4n) is 5.34. The number of benzene rings is 3. The Morgan fingerprint density at radius 1 is 0.676 bits per heavy atom. The number of aryl methyl sites for hydroxylation is 2. The molecule has 3 rings (SSSR count). The first kappa shape index (κ1) is 28.8. The van der Waals surface area contributed by atoms with Crippen LogP contribution < -0.4 is 5.30 Å². The SMILES string of the molecule is Cc1cc(C)c(C(=O)[PH](=O)c2c(C(C)C)cc(C(C)C)c(C(=O)c3ccccc3)c2C(C)C)c(C)c1C. The van der Waals surface area contributed by atoms with Crippen molar-refractivity contribution in [2.45, 2.75) is 87.0 Å². The topological polar surface area (TPSA) is 51.2 Å². The average Bonchev–Trinajstić information content (AvgIpc) is 2.85. The Bertz CT molecular complexity index is 1380. The van der Waals surface area contributed by atoms with Gasteiger partial charge in [-0.3, -0.25) is 9.59 Å². The lowest BCUT2D eigenvalue weighted by atomic mass is 9.81. The maximum atomic E-state index is 14.4. The van der Waals surface area contributed by atoms with E-state index in [1.165, 1.54) is 0 Å². The molecular formula is C33H41O3P. The Morgan fingerprint density at radius 3 is 1.76 bits per heavy atom. The van der Waals surface area contributed by atoms with E-state index in [0.29, 0.717) is 22.0 Å². The van der Waals surface area contributed by atoms with E-state index in [4.69, 9.17) is 0 Å². The fourth-order valence-corrected chi connectivity index (χ4v) is 7.46. The van der Waals surface area contributed by atoms with Gasteiger partial charge in [0.2, 0.25) is 5.52 Å². The molecule has 0 amide bonds. The second kappa shape index (κ2) is 11.3. The molecule has 1 unspecified atom stereocenters. The zero-order valence-electron chi connectivity index (χ0n) is 24.0. The van der Waals surface area contributed by atoms with Crippen molar-refractivity contribution in [3.63, 3.8) is 0 Å². The summed E-state index contributed by atoms with van der Waals surface area (Å²) in [5.41, 5.74) is 7.97. The zero-order chi connectivity index (χ0) is 27.8. The Labute approximate surface area is 223 Å². The molecule has 0 bridgehead atoms. The highest BCUT2D eigenvalue weighted by atomic mass is 31.1. The van der Waals surface area contributed by atoms with E-state index in [1.54, 1.807) is 0 Å². The molecule has 0 aromatic heterocycles. The number of hydrogen-bond donors (Lipinski definition) is 0. The van der Waals surface area contributed by atoms with Crippen molar-refractivity contribution >= 4 is 24.4 Å². The van der Waals surface area contributed by atoms with Crippen LogP contribution in [0.25, 0.3) is 0 Å². The maximum absolute atomic E-state index is 14.4. The third kappa shape index (κ3) is 5.43. The van der Waals surface area contributed by atoms with Crippen molar-refractivity contribution < 1.29 is 14.2 Å². The number of carbonyl (C=O) groups is 2. The number of hydrogen-bond acceptors (Lipinski definition) is 3. The molecule has 0 saturated carbocycles. The lowest BCUT2D eigenvalue weighted by molar-refractivity contribution is 0.103. The fraction of sp³-hybridized carbons (Fsp3) is 0.394. The van der Waals surface area contributed by atoms with E-state index in [2.05, 4.69) is 27.7 Å². The smallest absolute Gasteiger partial charge is 0.223 e. The summed E-state index contributed by atoms with van der Waals surface area (Å²) >= 11 is 0. The Morgan fingerprint density at radius 2 is 1.24 bits per heavy atom. The molecule has 0 spiro atoms. The van der Waals surface area contributed by atoms with Gasteiger partial charge in [-0.05, 0) is 84.4 Å². The van der Waals surface area contributed by atoms with Crippen molar-refractivity contribution in [3.8, 4) is 0 Å². The molecule has 0 radical (unpaired) electrons. The van der Waals surface area contributed by atoms with Crippen LogP contribution in [0.5, 0.6) is 0 Å². The molecule has 3 aromatic rings. The lowest BCUT2D eigenvalue weighted by Crippen LogP contribution is -2.25. The first-order valence-electron chi connectivity index (χ1n) is 13.3. The van der Waals surface area contributed by atoms with E-state index in [-0.39, 0.29) is 29.1 Å². The summed E-state index contributed by atoms with van der Waals surface area (Å²) in [6.45, 7) is 20.3. The number of rotatable bonds is 8. The van der Waals surface area contributed by atoms with Gasteiger partial charge in [0, 0.05) is 22.0 Å². The van der Waals surface area contributed by atoms with Gasteiger partial charge in [-0.1, -0.05) is 84.0 Å². The maximum Gasteiger partial charge on any atom is 0.223 e. The van der Waals surface area contributed by atoms with Crippen LogP contribution in [0.4, 0.5) is 0 Å². The second-order valence-electron chi connectivity index (χ2n) is 11.2. The van der Waals surface area contributed by atoms with Crippen molar-refractivity contribution in [2.24, 2.45) is 0 Å². The Balaban J connectivity index is 2.41. The van der Waals surface area contributed by atoms with Gasteiger partial charge in [0.1, 0.15) is 0 Å². The highest BCUT2D eigenvalue weighted by Gasteiger charge is 2.32. The molecule has 3 aromatic carbocycles. The van der Waals surface area contributed by atoms with Gasteiger partial charge in [0.15, 0.2) is 13.6 Å². The third-order valence-corrected chi connectivity index (χ3v) is 9.20. The molecule has 0 aliphatic heterocycles. The van der Waals surface area contributed by atoms with Crippen LogP contribution in [-0.2, 0) is 4.57 Å². The van der Waals surface area contributed by atoms with Gasteiger partial charge in [-0.2, -0.15) is 0 Å². The van der Waals surface area contributed by atoms with Gasteiger partial charge in [-0.25, -0.2) is 0 Å². The number of carbonyl (C=O) groups excluding carboxylic acids is 2. The summed E-state index contributed by atoms with van der Waals surface area (Å²) in [6, 6.07) is 13.3. The van der Waals surface area contributed by atoms with E-state index in [0.717, 1.165) is 38.9 Å². The van der Waals surface area contributed by atoms with Crippen molar-refractivity contribution in [2.75, 3.05) is 0 Å². The minimum atomic E-state index is -2.94. The van der Waals surface area contributed by atoms with Crippen LogP contribution in [0.3, 0.4) is 0 Å². The van der Waals surface area contributed by atoms with Gasteiger partial charge >= 0.3 is 0 Å². The zero-order valence-corrected chi connectivity index (χ0v) is 25.0. The standard InChI is InChI=1S/C33H41O3P/c1-18(2)26-17-27(19(3)4)32(28(20(5)6)30(26)31(34)25-14-12-11-13-15-25)37(36)33(35)29-22(8)16-21(7)23(9)24(29)10/h11-20,37H,1-10H3. The summed E-state index contributed by atoms with van der Waals surface area (Å²) in [5.74, 6) is -0.0218. The predicted molar refractivity (Wildman–Crippen MR) is 157 cm³/mol. The molecular weight excluding hydrogens is 475 g/mol. The quantitative estimate of drug-likeness (QED) is 0.223. The van der Waals surface area contributed by atoms with E-state index in [1.807, 2.05) is 84.0 Å². The molecule has 1 atom stereocenters. The molecule has 0 heterocycles. The van der Waals surface area contributed by atoms with Crippen LogP contribution in [0.2, 0.25) is 0 Å². The largest absolute Gasteiger partial charge is 0.313 e. The van der Waals surface area contributed by atoms with E-state index < -0.39 is 7.80 Å². The van der Waals surface area contributed by atoms with Crippen LogP contribution in [-0.4, -0.2) is 11.3 Å². The Hall–Kier alpha value is -2.77. The van der Waals surface area contributed by atoms with Crippen molar-refractivity contribution in [3.05, 3.63) is 98.1 Å². The van der Waals surface area contributed by atoms with Gasteiger partial charge in [0.25, 0.3) is 0 Å². The van der Waals surface area contributed by atoms with Crippen molar-refractivity contribution in [1.29, 1.82) is 0 Å². The van der Waals surface area contributed by atoms with Crippen LogP contribution >= 0.6 is 7.80 Å². The number of ketones is 1. The summed E-state index contributed by atoms with van der Waals surface area (Å²) in [5, 5.41) is 0.584. The highest BCUT2D eigenvalue weighted by Crippen LogP contribution is 2.41. The minimum Gasteiger partial charge on any atom is -0.313 e. The Kier molecular flexibility index (Phi) is 8.81. The highest BCUT2D eigenvalue weighted by molar-refractivity contribution is 7.71. The molecule has 0 aliphatic carbocycles. The minimum absolute atomic E-state index is 0.0505. The summed E-state index contributed by atoms with van der Waals surface area (Å²) in [6.07, 6.45) is 0. The molecule has 0 aliphatic rings. The van der Waals surface area contributed by atoms with E-state index in [9.17, 15) is 14.2 Å². The lowest BCUT2D eigenvalue weighted by Gasteiger charge is -2.27. The average molecular weight is 517 g/mol. The summed E-state index contributed by atoms with van der Waals surface area (Å²) in [7, 11) is -2.94. The van der Waals surface area contributed by atoms with Crippen molar-refractivity contribution in [1.82, 2.24) is 0 Å². The third-order valence-electron chi connectivity index (χ3n) is 7.53. The van der Waals surface area contributed by atoms with Gasteiger partial charge in [-0.15, -0.1) is 0 Å². The molecule has 37 heavy (non-hydrogen) atoms. The first-order chi connectivity index (χ1) is 17.3. The van der Waals surface area contributed by atoms with Gasteiger partial charge < -0.3 is 4.57 Å². The van der Waals surface area contributed by atoms with Crippen LogP contribution in [0.1, 0.15) is 125 Å². The van der Waals surface area contributed by atoms with Crippen LogP contribution in [0, 0.1) is 27.7 Å². The molecule has 3 nitrogen and oxygen atoms in total. The molecule has 196 valence electrons. The predicted octanol–water partition coefficient (Wildman–Crippen LogP) is 8.55. The second-order valence-corrected chi connectivity index (χ2v) is 12.8. The molecule has 0 N–H and O–H groups in total. The summed E-state index contributed by atoms with van der Waals surface area (Å²) < 4.78 is 14.4. The van der Waals surface area contributed by atoms with E-state index >= 15 is 0 Å². The van der Waals surface area contributed by atoms with Crippen LogP contribution in [0.15, 0.2) is 42.5 Å². The molecule has 0 fully saturated rings. The monoisotopic (exact) mass is 516 g/mol. The van der Waals surface area contributed by atoms with Gasteiger partial charge in [0.05, 0.1) is 0 Å². The molecule has 4 heteroatoms.